The molecule has 1 N–H and O–H groups in total. The molecule has 1 amide bonds. The summed E-state index contributed by atoms with van der Waals surface area (Å²) < 4.78 is 22.8. The van der Waals surface area contributed by atoms with Crippen LogP contribution in [0.15, 0.2) is 23.8 Å². The van der Waals surface area contributed by atoms with Gasteiger partial charge in [-0.3, -0.25) is 4.79 Å². The Labute approximate surface area is 203 Å². The summed E-state index contributed by atoms with van der Waals surface area (Å²) in [4.78, 5) is 24.8. The van der Waals surface area contributed by atoms with E-state index in [-0.39, 0.29) is 23.3 Å². The van der Waals surface area contributed by atoms with Gasteiger partial charge in [-0.15, -0.1) is 0 Å². The number of benzene rings is 1. The topological polar surface area (TPSA) is 83.1 Å². The van der Waals surface area contributed by atoms with Gasteiger partial charge in [0.25, 0.3) is 0 Å². The number of rotatable bonds is 5. The molecule has 34 heavy (non-hydrogen) atoms. The maximum atomic E-state index is 12.8. The van der Waals surface area contributed by atoms with E-state index >= 15 is 0 Å². The lowest BCUT2D eigenvalue weighted by atomic mass is 9.49. The van der Waals surface area contributed by atoms with E-state index in [2.05, 4.69) is 32.2 Å². The molecule has 3 atom stereocenters. The van der Waals surface area contributed by atoms with E-state index in [1.165, 1.54) is 0 Å². The fourth-order valence-electron chi connectivity index (χ4n) is 5.98. The van der Waals surface area contributed by atoms with Gasteiger partial charge in [0.15, 0.2) is 0 Å². The van der Waals surface area contributed by atoms with Crippen molar-refractivity contribution in [1.82, 2.24) is 5.32 Å². The Morgan fingerprint density at radius 2 is 1.71 bits per heavy atom. The van der Waals surface area contributed by atoms with Crippen LogP contribution in [0.1, 0.15) is 66.0 Å². The number of alkyl carbamates (subject to hydrolysis) is 1. The summed E-state index contributed by atoms with van der Waals surface area (Å²) in [5.74, 6) is 1.37. The smallest absolute Gasteiger partial charge is 0.408 e. The van der Waals surface area contributed by atoms with Gasteiger partial charge < -0.3 is 24.3 Å². The molecule has 1 aromatic rings. The standard InChI is InChI=1S/C27H39NO6/c1-16-10-13-20-26(5,6)22-17(18(31-8)11-12-19(22)32-9)14-27(20,7)23(16)33-21(29)15-28-24(30)34-25(2,3)4/h10-12,20,23H,13-15H2,1-9H3,(H,28,30). The Kier molecular flexibility index (Phi) is 6.98. The van der Waals surface area contributed by atoms with Gasteiger partial charge in [-0.2, -0.15) is 0 Å². The molecule has 0 saturated carbocycles. The summed E-state index contributed by atoms with van der Waals surface area (Å²) in [5.41, 5.74) is 2.01. The highest BCUT2D eigenvalue weighted by atomic mass is 16.6. The predicted molar refractivity (Wildman–Crippen MR) is 130 cm³/mol. The first-order chi connectivity index (χ1) is 15.7. The van der Waals surface area contributed by atoms with Crippen molar-refractivity contribution >= 4 is 12.1 Å². The van der Waals surface area contributed by atoms with E-state index in [1.807, 2.05) is 19.1 Å². The van der Waals surface area contributed by atoms with Gasteiger partial charge in [0.2, 0.25) is 0 Å². The van der Waals surface area contributed by atoms with Crippen molar-refractivity contribution in [3.05, 3.63) is 34.9 Å². The highest BCUT2D eigenvalue weighted by molar-refractivity contribution is 5.78. The molecule has 0 bridgehead atoms. The minimum Gasteiger partial charge on any atom is -0.496 e. The monoisotopic (exact) mass is 473 g/mol. The van der Waals surface area contributed by atoms with E-state index in [0.717, 1.165) is 34.6 Å². The molecule has 2 aliphatic rings. The third-order valence-corrected chi connectivity index (χ3v) is 7.25. The van der Waals surface area contributed by atoms with Crippen LogP contribution in [-0.4, -0.2) is 44.5 Å². The molecule has 188 valence electrons. The fourth-order valence-corrected chi connectivity index (χ4v) is 5.98. The molecule has 7 nitrogen and oxygen atoms in total. The molecule has 0 aromatic heterocycles. The second-order valence-electron chi connectivity index (χ2n) is 11.2. The van der Waals surface area contributed by atoms with Crippen LogP contribution in [0.25, 0.3) is 0 Å². The minimum atomic E-state index is -0.644. The predicted octanol–water partition coefficient (Wildman–Crippen LogP) is 4.95. The largest absolute Gasteiger partial charge is 0.496 e. The Morgan fingerprint density at radius 1 is 1.09 bits per heavy atom. The summed E-state index contributed by atoms with van der Waals surface area (Å²) in [5, 5.41) is 2.50. The molecule has 0 radical (unpaired) electrons. The lowest BCUT2D eigenvalue weighted by Crippen LogP contribution is -2.56. The van der Waals surface area contributed by atoms with Crippen LogP contribution in [0.2, 0.25) is 0 Å². The number of fused-ring (bicyclic) bond motifs is 2. The second kappa shape index (κ2) is 9.16. The Bertz CT molecular complexity index is 990. The first kappa shape index (κ1) is 25.9. The molecule has 0 saturated heterocycles. The summed E-state index contributed by atoms with van der Waals surface area (Å²) in [6.07, 6.45) is 2.65. The lowest BCUT2D eigenvalue weighted by Gasteiger charge is -2.56. The number of ether oxygens (including phenoxy) is 4. The molecule has 0 spiro atoms. The average Bonchev–Trinajstić information content (AvgIpc) is 2.72. The van der Waals surface area contributed by atoms with Gasteiger partial charge in [0.1, 0.15) is 29.7 Å². The highest BCUT2D eigenvalue weighted by Gasteiger charge is 2.57. The SMILES string of the molecule is COc1ccc(OC)c2c1CC1(C)C(OC(=O)CNC(=O)OC(C)(C)C)C(C)=CCC1C2(C)C. The molecular formula is C27H39NO6. The van der Waals surface area contributed by atoms with Crippen molar-refractivity contribution in [3.8, 4) is 11.5 Å². The van der Waals surface area contributed by atoms with Gasteiger partial charge in [-0.05, 0) is 69.6 Å². The average molecular weight is 474 g/mol. The van der Waals surface area contributed by atoms with Crippen molar-refractivity contribution in [2.75, 3.05) is 20.8 Å². The molecule has 0 aliphatic heterocycles. The van der Waals surface area contributed by atoms with Crippen LogP contribution >= 0.6 is 0 Å². The maximum Gasteiger partial charge on any atom is 0.408 e. The molecule has 2 aliphatic carbocycles. The molecular weight excluding hydrogens is 434 g/mol. The zero-order valence-electron chi connectivity index (χ0n) is 22.0. The van der Waals surface area contributed by atoms with Gasteiger partial charge in [-0.1, -0.05) is 26.8 Å². The second-order valence-corrected chi connectivity index (χ2v) is 11.2. The zero-order valence-corrected chi connectivity index (χ0v) is 22.0. The third-order valence-electron chi connectivity index (χ3n) is 7.25. The molecule has 0 heterocycles. The summed E-state index contributed by atoms with van der Waals surface area (Å²) in [6, 6.07) is 3.90. The van der Waals surface area contributed by atoms with Crippen molar-refractivity contribution in [1.29, 1.82) is 0 Å². The summed E-state index contributed by atoms with van der Waals surface area (Å²) in [7, 11) is 3.37. The van der Waals surface area contributed by atoms with E-state index < -0.39 is 23.8 Å². The quantitative estimate of drug-likeness (QED) is 0.481. The first-order valence-electron chi connectivity index (χ1n) is 11.8. The first-order valence-corrected chi connectivity index (χ1v) is 11.8. The molecule has 3 rings (SSSR count). The molecule has 0 fully saturated rings. The van der Waals surface area contributed by atoms with E-state index in [4.69, 9.17) is 18.9 Å². The van der Waals surface area contributed by atoms with E-state index in [0.29, 0.717) is 6.42 Å². The minimum absolute atomic E-state index is 0.203. The fraction of sp³-hybridized carbons (Fsp3) is 0.630. The maximum absolute atomic E-state index is 12.8. The van der Waals surface area contributed by atoms with Gasteiger partial charge in [-0.25, -0.2) is 4.79 Å². The Hall–Kier alpha value is -2.70. The highest BCUT2D eigenvalue weighted by Crippen LogP contribution is 2.60. The van der Waals surface area contributed by atoms with Crippen LogP contribution in [-0.2, 0) is 26.1 Å². The number of methoxy groups -OCH3 is 2. The molecule has 1 aromatic carbocycles. The number of hydrogen-bond acceptors (Lipinski definition) is 6. The van der Waals surface area contributed by atoms with Crippen molar-refractivity contribution < 1.29 is 28.5 Å². The molecule has 7 heteroatoms. The van der Waals surface area contributed by atoms with Gasteiger partial charge in [0.05, 0.1) is 14.2 Å². The Morgan fingerprint density at radius 3 is 2.29 bits per heavy atom. The van der Waals surface area contributed by atoms with E-state index in [1.54, 1.807) is 35.0 Å². The summed E-state index contributed by atoms with van der Waals surface area (Å²) >= 11 is 0. The van der Waals surface area contributed by atoms with Crippen LogP contribution < -0.4 is 14.8 Å². The van der Waals surface area contributed by atoms with Crippen LogP contribution in [0.4, 0.5) is 4.79 Å². The van der Waals surface area contributed by atoms with Gasteiger partial charge in [0, 0.05) is 16.5 Å². The van der Waals surface area contributed by atoms with Crippen molar-refractivity contribution in [3.63, 3.8) is 0 Å². The number of carbonyl (C=O) groups excluding carboxylic acids is 2. The summed E-state index contributed by atoms with van der Waals surface area (Å²) in [6.45, 7) is 13.7. The van der Waals surface area contributed by atoms with Crippen LogP contribution in [0, 0.1) is 11.3 Å². The number of esters is 1. The van der Waals surface area contributed by atoms with E-state index in [9.17, 15) is 9.59 Å². The van der Waals surface area contributed by atoms with Crippen molar-refractivity contribution in [2.45, 2.75) is 78.4 Å². The number of carbonyl (C=O) groups is 2. The lowest BCUT2D eigenvalue weighted by molar-refractivity contribution is -0.157. The zero-order chi connectivity index (χ0) is 25.5. The number of hydrogen-bond donors (Lipinski definition) is 1. The number of allylic oxidation sites excluding steroid dienone is 1. The van der Waals surface area contributed by atoms with Gasteiger partial charge >= 0.3 is 12.1 Å². The number of amides is 1. The Balaban J connectivity index is 1.91. The third kappa shape index (κ3) is 4.75. The van der Waals surface area contributed by atoms with Crippen molar-refractivity contribution in [2.24, 2.45) is 11.3 Å². The molecule has 3 unspecified atom stereocenters. The van der Waals surface area contributed by atoms with Crippen LogP contribution in [0.3, 0.4) is 0 Å². The number of nitrogens with one attached hydrogen (secondary N) is 1. The van der Waals surface area contributed by atoms with Crippen LogP contribution in [0.5, 0.6) is 11.5 Å². The normalized spacial score (nSPS) is 25.3.